The number of nitrogens with zero attached hydrogens (tertiary/aromatic N) is 1. The molecule has 0 N–H and O–H groups in total. The van der Waals surface area contributed by atoms with E-state index in [9.17, 15) is 0 Å². The first-order chi connectivity index (χ1) is 12.0. The molecule has 0 radical (unpaired) electrons. The highest BCUT2D eigenvalue weighted by Gasteiger charge is 1.89. The number of benzene rings is 1. The minimum atomic E-state index is 0.582. The summed E-state index contributed by atoms with van der Waals surface area (Å²) in [6.45, 7) is 15.8. The molecule has 0 spiro atoms. The molecule has 1 aromatic carbocycles. The molecule has 0 amide bonds. The van der Waals surface area contributed by atoms with E-state index in [1.807, 2.05) is 43.4 Å². The number of hydrogen-bond donors (Lipinski definition) is 0. The summed E-state index contributed by atoms with van der Waals surface area (Å²) in [6.07, 6.45) is 11.9. The molecule has 25 heavy (non-hydrogen) atoms. The van der Waals surface area contributed by atoms with Crippen LogP contribution >= 0.6 is 0 Å². The van der Waals surface area contributed by atoms with Crippen molar-refractivity contribution in [3.63, 3.8) is 0 Å². The first-order valence-electron chi connectivity index (χ1n) is 8.56. The third kappa shape index (κ3) is 15.0. The Morgan fingerprint density at radius 1 is 1.00 bits per heavy atom. The molecule has 0 aliphatic carbocycles. The summed E-state index contributed by atoms with van der Waals surface area (Å²) in [5.41, 5.74) is 2.52. The number of allylic oxidation sites excluding steroid dienone is 4. The Hall–Kier alpha value is -2.32. The van der Waals surface area contributed by atoms with Gasteiger partial charge in [0.15, 0.2) is 0 Å². The van der Waals surface area contributed by atoms with Crippen LogP contribution in [0.4, 0.5) is 0 Å². The smallest absolute Gasteiger partial charge is 0.106 e. The first-order valence-corrected chi connectivity index (χ1v) is 8.56. The minimum absolute atomic E-state index is 0.582. The zero-order chi connectivity index (χ0) is 18.9. The van der Waals surface area contributed by atoms with Crippen LogP contribution in [0, 0.1) is 0 Å². The molecule has 0 atom stereocenters. The zero-order valence-electron chi connectivity index (χ0n) is 16.2. The fourth-order valence-corrected chi connectivity index (χ4v) is 1.75. The maximum absolute atomic E-state index is 5.24. The van der Waals surface area contributed by atoms with Gasteiger partial charge in [-0.15, -0.1) is 6.58 Å². The quantitative estimate of drug-likeness (QED) is 0.316. The van der Waals surface area contributed by atoms with E-state index >= 15 is 0 Å². The van der Waals surface area contributed by atoms with Gasteiger partial charge in [0, 0.05) is 13.1 Å². The predicted octanol–water partition coefficient (Wildman–Crippen LogP) is 5.88. The Balaban J connectivity index is 0.000000477. The molecule has 0 heterocycles. The van der Waals surface area contributed by atoms with E-state index < -0.39 is 0 Å². The van der Waals surface area contributed by atoms with Crippen molar-refractivity contribution < 1.29 is 4.74 Å². The topological polar surface area (TPSA) is 12.5 Å². The lowest BCUT2D eigenvalue weighted by Crippen LogP contribution is -2.17. The molecule has 2 heteroatoms. The zero-order valence-corrected chi connectivity index (χ0v) is 16.2. The lowest BCUT2D eigenvalue weighted by atomic mass is 10.2. The second-order valence-corrected chi connectivity index (χ2v) is 5.94. The van der Waals surface area contributed by atoms with Crippen LogP contribution in [0.15, 0.2) is 85.2 Å². The summed E-state index contributed by atoms with van der Waals surface area (Å²) in [5.74, 6) is 0.922. The van der Waals surface area contributed by atoms with E-state index in [1.165, 1.54) is 11.1 Å². The van der Waals surface area contributed by atoms with E-state index in [4.69, 9.17) is 4.74 Å². The number of likely N-dealkylation sites (N-methyl/N-ethyl adjacent to an activating group) is 1. The number of ether oxygens (including phenoxy) is 1. The van der Waals surface area contributed by atoms with Gasteiger partial charge in [-0.25, -0.2) is 0 Å². The van der Waals surface area contributed by atoms with Gasteiger partial charge in [0.25, 0.3) is 0 Å². The van der Waals surface area contributed by atoms with Crippen LogP contribution in [0.2, 0.25) is 0 Å². The number of rotatable bonds is 9. The lowest BCUT2D eigenvalue weighted by Gasteiger charge is -2.09. The van der Waals surface area contributed by atoms with Crippen molar-refractivity contribution in [2.45, 2.75) is 20.8 Å². The van der Waals surface area contributed by atoms with Crippen LogP contribution in [-0.4, -0.2) is 31.6 Å². The monoisotopic (exact) mass is 339 g/mol. The molecule has 136 valence electrons. The molecule has 0 unspecified atom stereocenters. The summed E-state index contributed by atoms with van der Waals surface area (Å²) in [4.78, 5) is 2.20. The van der Waals surface area contributed by atoms with Crippen molar-refractivity contribution in [3.05, 3.63) is 90.8 Å². The summed E-state index contributed by atoms with van der Waals surface area (Å²) in [5, 5.41) is 0. The minimum Gasteiger partial charge on any atom is -0.494 e. The van der Waals surface area contributed by atoms with Gasteiger partial charge in [0.2, 0.25) is 0 Å². The van der Waals surface area contributed by atoms with E-state index in [-0.39, 0.29) is 0 Å². The highest BCUT2D eigenvalue weighted by atomic mass is 16.5. The van der Waals surface area contributed by atoms with Crippen LogP contribution in [0.1, 0.15) is 26.3 Å². The van der Waals surface area contributed by atoms with Crippen molar-refractivity contribution in [2.75, 3.05) is 26.7 Å². The van der Waals surface area contributed by atoms with Crippen molar-refractivity contribution >= 4 is 6.08 Å². The molecule has 2 nitrogen and oxygen atoms in total. The average Bonchev–Trinajstić information content (AvgIpc) is 2.60. The maximum Gasteiger partial charge on any atom is 0.106 e. The fourth-order valence-electron chi connectivity index (χ4n) is 1.75. The van der Waals surface area contributed by atoms with Crippen LogP contribution in [0.25, 0.3) is 6.08 Å². The average molecular weight is 340 g/mol. The molecule has 0 aliphatic heterocycles. The van der Waals surface area contributed by atoms with Crippen molar-refractivity contribution in [1.82, 2.24) is 4.90 Å². The van der Waals surface area contributed by atoms with Gasteiger partial charge in [-0.2, -0.15) is 0 Å². The molecule has 0 saturated carbocycles. The summed E-state index contributed by atoms with van der Waals surface area (Å²) < 4.78 is 5.24. The lowest BCUT2D eigenvalue weighted by molar-refractivity contribution is 0.250. The Morgan fingerprint density at radius 3 is 2.24 bits per heavy atom. The third-order valence-electron chi connectivity index (χ3n) is 3.05. The number of hydrogen-bond acceptors (Lipinski definition) is 2. The maximum atomic E-state index is 5.24. The van der Waals surface area contributed by atoms with E-state index in [0.29, 0.717) is 6.61 Å². The van der Waals surface area contributed by atoms with Gasteiger partial charge in [0.1, 0.15) is 6.61 Å². The summed E-state index contributed by atoms with van der Waals surface area (Å²) >= 11 is 0. The van der Waals surface area contributed by atoms with Gasteiger partial charge >= 0.3 is 0 Å². The van der Waals surface area contributed by atoms with Crippen LogP contribution in [-0.2, 0) is 4.74 Å². The Kier molecular flexibility index (Phi) is 13.8. The summed E-state index contributed by atoms with van der Waals surface area (Å²) in [7, 11) is 2.08. The van der Waals surface area contributed by atoms with Crippen LogP contribution in [0.3, 0.4) is 0 Å². The first kappa shape index (κ1) is 22.7. The van der Waals surface area contributed by atoms with E-state index in [0.717, 1.165) is 18.8 Å². The molecule has 1 rings (SSSR count). The normalized spacial score (nSPS) is 10.8. The van der Waals surface area contributed by atoms with Crippen molar-refractivity contribution in [1.29, 1.82) is 0 Å². The standard InChI is InChI=1S/C13H17N.C10H16O/c1-3-11-14(2)12-7-10-13-8-5-4-6-9-13;1-5-8-11-10(4)7-6-9(2)3/h3-10H,1,11-12H2,2H3;5-7H,1,8H2,2-4H3/b2*10-7+. The van der Waals surface area contributed by atoms with Crippen LogP contribution < -0.4 is 0 Å². The SMILES string of the molecule is C=CCN(C)C/C=C/c1ccccc1.C=CCO/C(C)=C/C=C(C)C. The van der Waals surface area contributed by atoms with Crippen LogP contribution in [0.5, 0.6) is 0 Å². The molecule has 0 aromatic heterocycles. The molecule has 0 aliphatic rings. The summed E-state index contributed by atoms with van der Waals surface area (Å²) in [6, 6.07) is 10.3. The third-order valence-corrected chi connectivity index (χ3v) is 3.05. The Bertz CT molecular complexity index is 563. The highest BCUT2D eigenvalue weighted by Crippen LogP contribution is 2.01. The molecule has 1 aromatic rings. The second-order valence-electron chi connectivity index (χ2n) is 5.94. The van der Waals surface area contributed by atoms with Gasteiger partial charge in [-0.05, 0) is 39.5 Å². The van der Waals surface area contributed by atoms with Gasteiger partial charge in [-0.3, -0.25) is 4.90 Å². The van der Waals surface area contributed by atoms with Gasteiger partial charge < -0.3 is 4.74 Å². The Labute approximate surface area is 154 Å². The van der Waals surface area contributed by atoms with Gasteiger partial charge in [-0.1, -0.05) is 72.9 Å². The Morgan fingerprint density at radius 2 is 1.68 bits per heavy atom. The largest absolute Gasteiger partial charge is 0.494 e. The fraction of sp³-hybridized carbons (Fsp3) is 0.304. The molecule has 0 bridgehead atoms. The second kappa shape index (κ2) is 15.2. The molecule has 0 fully saturated rings. The predicted molar refractivity (Wildman–Crippen MR) is 113 cm³/mol. The van der Waals surface area contributed by atoms with Crippen molar-refractivity contribution in [2.24, 2.45) is 0 Å². The molecule has 0 saturated heterocycles. The molecular weight excluding hydrogens is 306 g/mol. The van der Waals surface area contributed by atoms with Gasteiger partial charge in [0.05, 0.1) is 5.76 Å². The van der Waals surface area contributed by atoms with E-state index in [1.54, 1.807) is 6.08 Å². The van der Waals surface area contributed by atoms with E-state index in [2.05, 4.69) is 63.2 Å². The highest BCUT2D eigenvalue weighted by molar-refractivity contribution is 5.48. The molecular formula is C23H33NO. The van der Waals surface area contributed by atoms with Crippen molar-refractivity contribution in [3.8, 4) is 0 Å².